The number of rotatable bonds is 11. The minimum atomic E-state index is -4.18. The molecule has 0 fully saturated rings. The summed E-state index contributed by atoms with van der Waals surface area (Å²) in [6.45, 7) is 8.12. The van der Waals surface area contributed by atoms with Crippen LogP contribution >= 0.6 is 23.2 Å². The molecule has 0 spiro atoms. The number of amides is 2. The zero-order valence-corrected chi connectivity index (χ0v) is 29.0. The minimum absolute atomic E-state index is 0.0290. The number of allylic oxidation sites excluding steroid dienone is 1. The first-order chi connectivity index (χ1) is 22.1. The van der Waals surface area contributed by atoms with Crippen molar-refractivity contribution in [3.63, 3.8) is 0 Å². The van der Waals surface area contributed by atoms with Gasteiger partial charge in [0.15, 0.2) is 0 Å². The summed E-state index contributed by atoms with van der Waals surface area (Å²) in [7, 11) is -4.18. The van der Waals surface area contributed by atoms with Crippen LogP contribution in [0.1, 0.15) is 59.3 Å². The number of hydrogen-bond acceptors (Lipinski definition) is 4. The molecule has 4 rings (SSSR count). The number of hydrogen-bond donors (Lipinski definition) is 3. The Bertz CT molecular complexity index is 1860. The number of carbonyl (C=O) groups excluding carboxylic acids is 2. The average Bonchev–Trinajstić information content (AvgIpc) is 3.00. The van der Waals surface area contributed by atoms with Crippen molar-refractivity contribution in [2.75, 3.05) is 17.6 Å². The second kappa shape index (κ2) is 15.3. The second-order valence-electron chi connectivity index (χ2n) is 12.5. The molecule has 4 aromatic carbocycles. The Kier molecular flexibility index (Phi) is 11.7. The summed E-state index contributed by atoms with van der Waals surface area (Å²) in [5, 5.41) is 6.56. The molecule has 3 N–H and O–H groups in total. The first-order valence-electron chi connectivity index (χ1n) is 15.1. The van der Waals surface area contributed by atoms with Gasteiger partial charge in [0.2, 0.25) is 5.91 Å². The first-order valence-corrected chi connectivity index (χ1v) is 17.4. The van der Waals surface area contributed by atoms with E-state index in [0.717, 1.165) is 33.4 Å². The number of benzene rings is 4. The molecule has 0 aliphatic rings. The Morgan fingerprint density at radius 3 is 2.15 bits per heavy atom. The first kappa shape index (κ1) is 35.9. The Hall–Kier alpha value is -3.95. The molecule has 0 bridgehead atoms. The highest BCUT2D eigenvalue weighted by Gasteiger charge is 2.23. The Morgan fingerprint density at radius 1 is 0.915 bits per heavy atom. The molecule has 2 amide bonds. The van der Waals surface area contributed by atoms with Gasteiger partial charge in [-0.1, -0.05) is 105 Å². The molecule has 4 aromatic rings. The maximum absolute atomic E-state index is 14.0. The van der Waals surface area contributed by atoms with Crippen LogP contribution in [0.2, 0.25) is 10.0 Å². The van der Waals surface area contributed by atoms with Gasteiger partial charge in [-0.2, -0.15) is 8.42 Å². The zero-order valence-electron chi connectivity index (χ0n) is 26.7. The summed E-state index contributed by atoms with van der Waals surface area (Å²) >= 11 is 12.8. The molecular weight excluding hydrogens is 655 g/mol. The normalized spacial score (nSPS) is 12.6. The van der Waals surface area contributed by atoms with Crippen LogP contribution in [0.25, 0.3) is 17.2 Å². The molecule has 0 aliphatic carbocycles. The van der Waals surface area contributed by atoms with E-state index in [2.05, 4.69) is 43.6 Å². The van der Waals surface area contributed by atoms with Crippen LogP contribution in [0.15, 0.2) is 91.0 Å². The lowest BCUT2D eigenvalue weighted by Gasteiger charge is -2.20. The van der Waals surface area contributed by atoms with Crippen molar-refractivity contribution in [3.8, 4) is 11.1 Å². The van der Waals surface area contributed by atoms with Gasteiger partial charge in [-0.25, -0.2) is 0 Å². The van der Waals surface area contributed by atoms with Crippen LogP contribution in [-0.4, -0.2) is 37.1 Å². The molecule has 0 heterocycles. The lowest BCUT2D eigenvalue weighted by molar-refractivity contribution is -0.117. The van der Waals surface area contributed by atoms with E-state index in [1.54, 1.807) is 24.3 Å². The molecule has 1 unspecified atom stereocenters. The smallest absolute Gasteiger partial charge is 0.266 e. The summed E-state index contributed by atoms with van der Waals surface area (Å²) in [5.74, 6) is -1.88. The molecule has 1 atom stereocenters. The summed E-state index contributed by atoms with van der Waals surface area (Å²) < 4.78 is 30.8. The summed E-state index contributed by atoms with van der Waals surface area (Å²) in [6, 6.07) is 25.8. The van der Waals surface area contributed by atoms with Crippen molar-refractivity contribution < 1.29 is 22.6 Å². The highest BCUT2D eigenvalue weighted by atomic mass is 35.5. The number of aryl methyl sites for hydroxylation is 1. The monoisotopic (exact) mass is 692 g/mol. The van der Waals surface area contributed by atoms with Crippen molar-refractivity contribution in [1.82, 2.24) is 5.32 Å². The molecule has 246 valence electrons. The topological polar surface area (TPSA) is 113 Å². The van der Waals surface area contributed by atoms with Crippen LogP contribution < -0.4 is 10.6 Å². The maximum atomic E-state index is 14.0. The molecule has 10 heteroatoms. The van der Waals surface area contributed by atoms with Gasteiger partial charge in [-0.15, -0.1) is 0 Å². The van der Waals surface area contributed by atoms with Crippen molar-refractivity contribution in [2.45, 2.75) is 40.0 Å². The SMILES string of the molecule is Cc1cc(NC(=O)C(Cc2ccc(C(=O)NCCS(=O)(=O)O)cc2)c2ccc(/C=C/C(C)(C)C)cc2)c(Cl)cc1-c1ccc(Cl)cc1. The molecule has 0 aromatic heterocycles. The molecule has 7 nitrogen and oxygen atoms in total. The van der Waals surface area contributed by atoms with E-state index in [-0.39, 0.29) is 17.9 Å². The molecular formula is C37H38Cl2N2O5S. The highest BCUT2D eigenvalue weighted by molar-refractivity contribution is 7.85. The number of carbonyl (C=O) groups is 2. The standard InChI is InChI=1S/C37H38Cl2N2O5S/c1-24-21-34(33(39)23-31(24)27-13-15-30(38)16-14-27)41-36(43)32(28-9-5-25(6-10-28)17-18-37(2,3)4)22-26-7-11-29(12-8-26)35(42)40-19-20-47(44,45)46/h5-18,21,23,32H,19-20,22H2,1-4H3,(H,40,42)(H,41,43)(H,44,45,46)/b18-17+. The Labute approximate surface area is 286 Å². The van der Waals surface area contributed by atoms with Gasteiger partial charge in [-0.3, -0.25) is 14.1 Å². The van der Waals surface area contributed by atoms with Crippen molar-refractivity contribution >= 4 is 56.9 Å². The van der Waals surface area contributed by atoms with Crippen LogP contribution in [0, 0.1) is 12.3 Å². The van der Waals surface area contributed by atoms with Gasteiger partial charge < -0.3 is 10.6 Å². The van der Waals surface area contributed by atoms with Crippen LogP contribution in [-0.2, 0) is 21.3 Å². The van der Waals surface area contributed by atoms with E-state index in [4.69, 9.17) is 27.8 Å². The average molecular weight is 694 g/mol. The number of halogens is 2. The van der Waals surface area contributed by atoms with Crippen LogP contribution in [0.3, 0.4) is 0 Å². The molecule has 0 saturated heterocycles. The lowest BCUT2D eigenvalue weighted by Crippen LogP contribution is -2.28. The third-order valence-electron chi connectivity index (χ3n) is 7.46. The molecule has 47 heavy (non-hydrogen) atoms. The quantitative estimate of drug-likeness (QED) is 0.136. The fourth-order valence-corrected chi connectivity index (χ4v) is 5.61. The Morgan fingerprint density at radius 2 is 1.55 bits per heavy atom. The predicted octanol–water partition coefficient (Wildman–Crippen LogP) is 8.61. The van der Waals surface area contributed by atoms with Crippen LogP contribution in [0.5, 0.6) is 0 Å². The van der Waals surface area contributed by atoms with E-state index in [9.17, 15) is 18.0 Å². The van der Waals surface area contributed by atoms with Crippen molar-refractivity contribution in [1.29, 1.82) is 0 Å². The van der Waals surface area contributed by atoms with Gasteiger partial charge in [0, 0.05) is 17.1 Å². The number of anilines is 1. The summed E-state index contributed by atoms with van der Waals surface area (Å²) in [6.07, 6.45) is 4.53. The fraction of sp³-hybridized carbons (Fsp3) is 0.243. The third-order valence-corrected chi connectivity index (χ3v) is 8.74. The summed E-state index contributed by atoms with van der Waals surface area (Å²) in [5.41, 5.74) is 6.32. The fourth-order valence-electron chi connectivity index (χ4n) is 4.91. The van der Waals surface area contributed by atoms with Crippen LogP contribution in [0.4, 0.5) is 5.69 Å². The molecule has 0 aliphatic heterocycles. The van der Waals surface area contributed by atoms with Gasteiger partial charge in [0.05, 0.1) is 22.4 Å². The maximum Gasteiger partial charge on any atom is 0.266 e. The van der Waals surface area contributed by atoms with E-state index in [1.165, 1.54) is 0 Å². The highest BCUT2D eigenvalue weighted by Crippen LogP contribution is 2.34. The Balaban J connectivity index is 1.58. The molecule has 0 radical (unpaired) electrons. The van der Waals surface area contributed by atoms with E-state index in [1.807, 2.05) is 67.6 Å². The lowest BCUT2D eigenvalue weighted by atomic mass is 9.89. The van der Waals surface area contributed by atoms with Gasteiger partial charge in [0.25, 0.3) is 16.0 Å². The van der Waals surface area contributed by atoms with Gasteiger partial charge in [-0.05, 0) is 88.5 Å². The number of nitrogens with one attached hydrogen (secondary N) is 2. The van der Waals surface area contributed by atoms with E-state index >= 15 is 0 Å². The zero-order chi connectivity index (χ0) is 34.4. The van der Waals surface area contributed by atoms with Gasteiger partial charge >= 0.3 is 0 Å². The largest absolute Gasteiger partial charge is 0.351 e. The van der Waals surface area contributed by atoms with E-state index < -0.39 is 27.7 Å². The molecule has 0 saturated carbocycles. The van der Waals surface area contributed by atoms with Crippen molar-refractivity contribution in [2.24, 2.45) is 5.41 Å². The van der Waals surface area contributed by atoms with Crippen molar-refractivity contribution in [3.05, 3.63) is 129 Å². The third kappa shape index (κ3) is 10.8. The van der Waals surface area contributed by atoms with E-state index in [0.29, 0.717) is 27.7 Å². The minimum Gasteiger partial charge on any atom is -0.351 e. The summed E-state index contributed by atoms with van der Waals surface area (Å²) in [4.78, 5) is 26.4. The van der Waals surface area contributed by atoms with Gasteiger partial charge in [0.1, 0.15) is 0 Å². The predicted molar refractivity (Wildman–Crippen MR) is 192 cm³/mol. The second-order valence-corrected chi connectivity index (χ2v) is 14.9.